The molecule has 0 radical (unpaired) electrons. The highest BCUT2D eigenvalue weighted by atomic mass is 32.2. The number of likely N-dealkylation sites (tertiary alicyclic amines) is 1. The molecule has 2 heterocycles. The van der Waals surface area contributed by atoms with Crippen molar-refractivity contribution in [3.05, 3.63) is 54.1 Å². The third kappa shape index (κ3) is 5.06. The summed E-state index contributed by atoms with van der Waals surface area (Å²) in [7, 11) is 0. The molecule has 6 heteroatoms. The molecule has 0 aromatic heterocycles. The number of rotatable bonds is 6. The summed E-state index contributed by atoms with van der Waals surface area (Å²) in [6, 6.07) is 16.1. The standard InChI is InChI=1S/C23H28N2O3S/c1-29-22-9-5-2-6-18(22)15-25-12-10-17(11-13-25)14-24-23(26)21-16-27-19-7-3-4-8-20(19)28-21/h2-9,17,21H,10-16H2,1H3,(H,24,26). The highest BCUT2D eigenvalue weighted by molar-refractivity contribution is 7.98. The van der Waals surface area contributed by atoms with Crippen LogP contribution in [0.3, 0.4) is 0 Å². The van der Waals surface area contributed by atoms with Gasteiger partial charge in [0.15, 0.2) is 11.5 Å². The van der Waals surface area contributed by atoms with Gasteiger partial charge in [0.2, 0.25) is 6.10 Å². The van der Waals surface area contributed by atoms with Gasteiger partial charge in [0, 0.05) is 18.0 Å². The second-order valence-corrected chi connectivity index (χ2v) is 8.49. The van der Waals surface area contributed by atoms with Crippen molar-refractivity contribution < 1.29 is 14.3 Å². The van der Waals surface area contributed by atoms with Gasteiger partial charge < -0.3 is 14.8 Å². The van der Waals surface area contributed by atoms with Crippen molar-refractivity contribution in [2.24, 2.45) is 5.92 Å². The Morgan fingerprint density at radius 1 is 1.10 bits per heavy atom. The van der Waals surface area contributed by atoms with Gasteiger partial charge in [-0.05, 0) is 61.9 Å². The number of amides is 1. The Morgan fingerprint density at radius 3 is 2.62 bits per heavy atom. The molecule has 1 N–H and O–H groups in total. The normalized spacial score (nSPS) is 19.7. The summed E-state index contributed by atoms with van der Waals surface area (Å²) >= 11 is 1.81. The predicted molar refractivity (Wildman–Crippen MR) is 116 cm³/mol. The predicted octanol–water partition coefficient (Wildman–Crippen LogP) is 3.58. The molecule has 4 rings (SSSR count). The minimum absolute atomic E-state index is 0.0872. The number of carbonyl (C=O) groups excluding carboxylic acids is 1. The number of benzene rings is 2. The number of hydrogen-bond acceptors (Lipinski definition) is 5. The van der Waals surface area contributed by atoms with Gasteiger partial charge in [-0.25, -0.2) is 0 Å². The molecule has 2 aromatic rings. The van der Waals surface area contributed by atoms with Gasteiger partial charge in [0.05, 0.1) is 0 Å². The first kappa shape index (κ1) is 20.1. The van der Waals surface area contributed by atoms with Gasteiger partial charge in [0.1, 0.15) is 6.61 Å². The maximum atomic E-state index is 12.5. The first-order chi connectivity index (χ1) is 14.2. The largest absolute Gasteiger partial charge is 0.485 e. The Labute approximate surface area is 176 Å². The van der Waals surface area contributed by atoms with Crippen molar-refractivity contribution in [3.63, 3.8) is 0 Å². The van der Waals surface area contributed by atoms with Gasteiger partial charge in [-0.15, -0.1) is 11.8 Å². The Bertz CT molecular complexity index is 836. The van der Waals surface area contributed by atoms with E-state index >= 15 is 0 Å². The molecule has 0 saturated carbocycles. The monoisotopic (exact) mass is 412 g/mol. The zero-order valence-electron chi connectivity index (χ0n) is 16.8. The molecular weight excluding hydrogens is 384 g/mol. The van der Waals surface area contributed by atoms with Crippen LogP contribution in [-0.4, -0.2) is 49.4 Å². The van der Waals surface area contributed by atoms with Gasteiger partial charge in [-0.1, -0.05) is 30.3 Å². The van der Waals surface area contributed by atoms with Gasteiger partial charge >= 0.3 is 0 Å². The fraction of sp³-hybridized carbons (Fsp3) is 0.435. The van der Waals surface area contributed by atoms with Crippen molar-refractivity contribution >= 4 is 17.7 Å². The van der Waals surface area contributed by atoms with E-state index < -0.39 is 6.10 Å². The van der Waals surface area contributed by atoms with Gasteiger partial charge in [0.25, 0.3) is 5.91 Å². The topological polar surface area (TPSA) is 50.8 Å². The van der Waals surface area contributed by atoms with E-state index in [1.165, 1.54) is 10.5 Å². The number of carbonyl (C=O) groups is 1. The molecule has 154 valence electrons. The second kappa shape index (κ2) is 9.55. The van der Waals surface area contributed by atoms with E-state index in [-0.39, 0.29) is 12.5 Å². The number of para-hydroxylation sites is 2. The molecule has 2 aliphatic heterocycles. The molecule has 5 nitrogen and oxygen atoms in total. The van der Waals surface area contributed by atoms with E-state index in [2.05, 4.69) is 40.7 Å². The average molecular weight is 413 g/mol. The summed E-state index contributed by atoms with van der Waals surface area (Å²) in [6.45, 7) is 4.10. The quantitative estimate of drug-likeness (QED) is 0.735. The Morgan fingerprint density at radius 2 is 1.83 bits per heavy atom. The zero-order valence-corrected chi connectivity index (χ0v) is 17.6. The molecule has 1 unspecified atom stereocenters. The average Bonchev–Trinajstić information content (AvgIpc) is 2.78. The van der Waals surface area contributed by atoms with Gasteiger partial charge in [-0.2, -0.15) is 0 Å². The van der Waals surface area contributed by atoms with E-state index in [9.17, 15) is 4.79 Å². The lowest BCUT2D eigenvalue weighted by Gasteiger charge is -2.33. The first-order valence-electron chi connectivity index (χ1n) is 10.2. The van der Waals surface area contributed by atoms with Gasteiger partial charge in [-0.3, -0.25) is 9.69 Å². The number of nitrogens with one attached hydrogen (secondary N) is 1. The van der Waals surface area contributed by atoms with Crippen LogP contribution in [0, 0.1) is 5.92 Å². The van der Waals surface area contributed by atoms with Crippen LogP contribution in [0.4, 0.5) is 0 Å². The van der Waals surface area contributed by atoms with Crippen LogP contribution >= 0.6 is 11.8 Å². The molecule has 0 spiro atoms. The minimum atomic E-state index is -0.576. The smallest absolute Gasteiger partial charge is 0.264 e. The van der Waals surface area contributed by atoms with Crippen LogP contribution in [0.2, 0.25) is 0 Å². The summed E-state index contributed by atoms with van der Waals surface area (Å²) < 4.78 is 11.4. The minimum Gasteiger partial charge on any atom is -0.485 e. The van der Waals surface area contributed by atoms with E-state index in [0.29, 0.717) is 24.0 Å². The highest BCUT2D eigenvalue weighted by Gasteiger charge is 2.28. The van der Waals surface area contributed by atoms with Crippen molar-refractivity contribution in [2.45, 2.75) is 30.4 Å². The van der Waals surface area contributed by atoms with Crippen LogP contribution in [0.15, 0.2) is 53.4 Å². The SMILES string of the molecule is CSc1ccccc1CN1CCC(CNC(=O)C2COc3ccccc3O2)CC1. The highest BCUT2D eigenvalue weighted by Crippen LogP contribution is 2.31. The summed E-state index contributed by atoms with van der Waals surface area (Å²) in [5, 5.41) is 3.07. The van der Waals surface area contributed by atoms with Crippen LogP contribution in [0.25, 0.3) is 0 Å². The van der Waals surface area contributed by atoms with Crippen molar-refractivity contribution in [2.75, 3.05) is 32.5 Å². The molecular formula is C23H28N2O3S. The lowest BCUT2D eigenvalue weighted by molar-refractivity contribution is -0.130. The van der Waals surface area contributed by atoms with Crippen LogP contribution < -0.4 is 14.8 Å². The Balaban J connectivity index is 1.21. The van der Waals surface area contributed by atoms with Crippen molar-refractivity contribution in [1.82, 2.24) is 10.2 Å². The fourth-order valence-corrected chi connectivity index (χ4v) is 4.54. The number of fused-ring (bicyclic) bond motifs is 1. The van der Waals surface area contributed by atoms with Crippen LogP contribution in [-0.2, 0) is 11.3 Å². The second-order valence-electron chi connectivity index (χ2n) is 7.64. The number of thioether (sulfide) groups is 1. The number of piperidine rings is 1. The van der Waals surface area contributed by atoms with Crippen molar-refractivity contribution in [3.8, 4) is 11.5 Å². The molecule has 0 aliphatic carbocycles. The maximum absolute atomic E-state index is 12.5. The van der Waals surface area contributed by atoms with Crippen LogP contribution in [0.5, 0.6) is 11.5 Å². The van der Waals surface area contributed by atoms with Crippen molar-refractivity contribution in [1.29, 1.82) is 0 Å². The van der Waals surface area contributed by atoms with Crippen LogP contribution in [0.1, 0.15) is 18.4 Å². The molecule has 0 bridgehead atoms. The molecule has 29 heavy (non-hydrogen) atoms. The Kier molecular flexibility index (Phi) is 6.62. The first-order valence-corrected chi connectivity index (χ1v) is 11.5. The number of hydrogen-bond donors (Lipinski definition) is 1. The summed E-state index contributed by atoms with van der Waals surface area (Å²) in [5.41, 5.74) is 1.40. The van der Waals surface area contributed by atoms with E-state index in [1.54, 1.807) is 0 Å². The third-order valence-corrected chi connectivity index (χ3v) is 6.50. The molecule has 1 amide bonds. The Hall–Kier alpha value is -2.18. The molecule has 2 aliphatic rings. The zero-order chi connectivity index (χ0) is 20.1. The number of nitrogens with zero attached hydrogens (tertiary/aromatic N) is 1. The maximum Gasteiger partial charge on any atom is 0.264 e. The lowest BCUT2D eigenvalue weighted by Crippen LogP contribution is -2.46. The van der Waals surface area contributed by atoms with E-state index in [0.717, 1.165) is 32.5 Å². The molecule has 1 saturated heterocycles. The third-order valence-electron chi connectivity index (χ3n) is 5.66. The summed E-state index contributed by atoms with van der Waals surface area (Å²) in [6.07, 6.45) is 3.76. The molecule has 2 aromatic carbocycles. The lowest BCUT2D eigenvalue weighted by atomic mass is 9.96. The molecule has 1 fully saturated rings. The van der Waals surface area contributed by atoms with E-state index in [1.807, 2.05) is 36.0 Å². The summed E-state index contributed by atoms with van der Waals surface area (Å²) in [4.78, 5) is 16.4. The fourth-order valence-electron chi connectivity index (χ4n) is 3.93. The summed E-state index contributed by atoms with van der Waals surface area (Å²) in [5.74, 6) is 1.77. The van der Waals surface area contributed by atoms with E-state index in [4.69, 9.17) is 9.47 Å². The molecule has 1 atom stereocenters. The number of ether oxygens (including phenoxy) is 2.